The summed E-state index contributed by atoms with van der Waals surface area (Å²) in [6, 6.07) is 10.2. The van der Waals surface area contributed by atoms with Crippen LogP contribution >= 0.6 is 0 Å². The minimum atomic E-state index is -0.543. The van der Waals surface area contributed by atoms with Gasteiger partial charge in [-0.25, -0.2) is 14.8 Å². The van der Waals surface area contributed by atoms with Crippen molar-refractivity contribution >= 4 is 35.1 Å². The van der Waals surface area contributed by atoms with Gasteiger partial charge in [-0.2, -0.15) is 4.98 Å². The summed E-state index contributed by atoms with van der Waals surface area (Å²) < 4.78 is 20.8. The van der Waals surface area contributed by atoms with Gasteiger partial charge < -0.3 is 34.7 Å². The largest absolute Gasteiger partial charge is 0.502 e. The van der Waals surface area contributed by atoms with Gasteiger partial charge in [0.2, 0.25) is 17.6 Å². The number of aromatic hydroxyl groups is 1. The molecule has 34 heavy (non-hydrogen) atoms. The van der Waals surface area contributed by atoms with E-state index in [1.54, 1.807) is 36.4 Å². The highest BCUT2D eigenvalue weighted by Gasteiger charge is 2.20. The summed E-state index contributed by atoms with van der Waals surface area (Å²) in [5.41, 5.74) is 1.73. The molecule has 4 N–H and O–H groups in total. The van der Waals surface area contributed by atoms with Crippen molar-refractivity contribution in [1.82, 2.24) is 15.0 Å². The van der Waals surface area contributed by atoms with E-state index in [2.05, 4.69) is 30.9 Å². The first kappa shape index (κ1) is 22.9. The summed E-state index contributed by atoms with van der Waals surface area (Å²) in [4.78, 5) is 24.7. The highest BCUT2D eigenvalue weighted by molar-refractivity contribution is 5.85. The van der Waals surface area contributed by atoms with Gasteiger partial charge in [-0.05, 0) is 18.2 Å². The second-order valence-electron chi connectivity index (χ2n) is 7.21. The van der Waals surface area contributed by atoms with E-state index in [1.165, 1.54) is 20.5 Å². The number of rotatable bonds is 8. The summed E-state index contributed by atoms with van der Waals surface area (Å²) in [7, 11) is 2.88. The molecule has 0 aliphatic carbocycles. The van der Waals surface area contributed by atoms with Crippen molar-refractivity contribution in [3.8, 4) is 17.2 Å². The molecule has 1 fully saturated rings. The molecule has 12 heteroatoms. The number of carbonyl (C=O) groups excluding carboxylic acids is 1. The van der Waals surface area contributed by atoms with Crippen molar-refractivity contribution in [3.05, 3.63) is 42.7 Å². The number of nitrogens with zero attached hydrogens (tertiary/aromatic N) is 3. The Labute approximate surface area is 195 Å². The first-order valence-electron chi connectivity index (χ1n) is 10.4. The topological polar surface area (TPSA) is 149 Å². The molecule has 1 aliphatic heterocycles. The third-order valence-electron chi connectivity index (χ3n) is 4.83. The van der Waals surface area contributed by atoms with Crippen LogP contribution in [0.4, 0.5) is 33.8 Å². The smallest absolute Gasteiger partial charge is 0.411 e. The Bertz CT molecular complexity index is 1130. The number of methoxy groups -OCH3 is 2. The number of benzene rings is 2. The Balaban J connectivity index is 1.42. The van der Waals surface area contributed by atoms with Crippen LogP contribution < -0.4 is 25.4 Å². The van der Waals surface area contributed by atoms with Crippen LogP contribution in [0.25, 0.3) is 0 Å². The van der Waals surface area contributed by atoms with Gasteiger partial charge in [0.1, 0.15) is 12.4 Å². The number of hydrogen-bond donors (Lipinski definition) is 4. The van der Waals surface area contributed by atoms with Crippen molar-refractivity contribution in [2.24, 2.45) is 0 Å². The minimum absolute atomic E-state index is 0.109. The highest BCUT2D eigenvalue weighted by atomic mass is 16.6. The minimum Gasteiger partial charge on any atom is -0.502 e. The summed E-state index contributed by atoms with van der Waals surface area (Å²) in [5.74, 6) is 0.889. The Hall–Kier alpha value is -4.32. The molecule has 1 saturated heterocycles. The third-order valence-corrected chi connectivity index (χ3v) is 4.83. The number of ether oxygens (including phenoxy) is 4. The van der Waals surface area contributed by atoms with Gasteiger partial charge in [-0.3, -0.25) is 5.32 Å². The standard InChI is InChI=1S/C22H24N6O6/c1-31-17-9-15(10-18(32-2)19(17)29)26-21-24-12-23-20(28-21)25-13-4-3-5-14(8-13)27-22(30)34-16-6-7-33-11-16/h3-5,8-10,12,16,29H,6-7,11H2,1-2H3,(H,27,30)(H2,23,24,25,26,28). The predicted molar refractivity (Wildman–Crippen MR) is 123 cm³/mol. The molecule has 1 aromatic heterocycles. The van der Waals surface area contributed by atoms with E-state index in [0.29, 0.717) is 36.7 Å². The van der Waals surface area contributed by atoms with Gasteiger partial charge in [-0.15, -0.1) is 0 Å². The van der Waals surface area contributed by atoms with Crippen LogP contribution in [0.3, 0.4) is 0 Å². The van der Waals surface area contributed by atoms with E-state index < -0.39 is 6.09 Å². The Morgan fingerprint density at radius 2 is 1.71 bits per heavy atom. The van der Waals surface area contributed by atoms with Crippen LogP contribution in [0.2, 0.25) is 0 Å². The molecular formula is C22H24N6O6. The molecule has 1 atom stereocenters. The van der Waals surface area contributed by atoms with Crippen molar-refractivity contribution in [1.29, 1.82) is 0 Å². The molecule has 1 unspecified atom stereocenters. The summed E-state index contributed by atoms with van der Waals surface area (Å²) >= 11 is 0. The molecule has 0 bridgehead atoms. The maximum atomic E-state index is 12.1. The molecule has 0 spiro atoms. The quantitative estimate of drug-likeness (QED) is 0.360. The maximum absolute atomic E-state index is 12.1. The van der Waals surface area contributed by atoms with Crippen molar-refractivity contribution < 1.29 is 28.8 Å². The van der Waals surface area contributed by atoms with Crippen LogP contribution in [-0.2, 0) is 9.47 Å². The molecular weight excluding hydrogens is 444 g/mol. The molecule has 3 aromatic rings. The lowest BCUT2D eigenvalue weighted by Crippen LogP contribution is -2.22. The Morgan fingerprint density at radius 3 is 2.35 bits per heavy atom. The first-order valence-corrected chi connectivity index (χ1v) is 10.4. The average Bonchev–Trinajstić information content (AvgIpc) is 3.33. The van der Waals surface area contributed by atoms with Crippen LogP contribution in [-0.4, -0.2) is 59.7 Å². The van der Waals surface area contributed by atoms with E-state index in [1.807, 2.05) is 0 Å². The van der Waals surface area contributed by atoms with E-state index in [9.17, 15) is 9.90 Å². The number of phenolic OH excluding ortho intramolecular Hbond substituents is 1. The lowest BCUT2D eigenvalue weighted by atomic mass is 10.2. The van der Waals surface area contributed by atoms with Gasteiger partial charge in [0.05, 0.1) is 27.4 Å². The molecule has 0 radical (unpaired) electrons. The number of nitrogens with one attached hydrogen (secondary N) is 3. The zero-order valence-electron chi connectivity index (χ0n) is 18.6. The fourth-order valence-corrected chi connectivity index (χ4v) is 3.22. The van der Waals surface area contributed by atoms with Crippen LogP contribution in [0.15, 0.2) is 42.7 Å². The lowest BCUT2D eigenvalue weighted by molar-refractivity contribution is 0.0932. The fraction of sp³-hybridized carbons (Fsp3) is 0.273. The van der Waals surface area contributed by atoms with Crippen LogP contribution in [0.5, 0.6) is 17.2 Å². The van der Waals surface area contributed by atoms with Gasteiger partial charge in [0.25, 0.3) is 0 Å². The lowest BCUT2D eigenvalue weighted by Gasteiger charge is -2.13. The van der Waals surface area contributed by atoms with E-state index in [4.69, 9.17) is 18.9 Å². The number of phenols is 1. The molecule has 1 aliphatic rings. The molecule has 0 saturated carbocycles. The molecule has 1 amide bonds. The summed E-state index contributed by atoms with van der Waals surface area (Å²) in [6.45, 7) is 1.00. The van der Waals surface area contributed by atoms with Crippen molar-refractivity contribution in [2.75, 3.05) is 43.4 Å². The monoisotopic (exact) mass is 468 g/mol. The van der Waals surface area contributed by atoms with Crippen molar-refractivity contribution in [3.63, 3.8) is 0 Å². The second-order valence-corrected chi connectivity index (χ2v) is 7.21. The number of amides is 1. The van der Waals surface area contributed by atoms with Gasteiger partial charge in [0, 0.05) is 35.6 Å². The summed E-state index contributed by atoms with van der Waals surface area (Å²) in [6.07, 6.45) is 1.26. The number of hydrogen-bond acceptors (Lipinski definition) is 11. The van der Waals surface area contributed by atoms with Gasteiger partial charge in [0.15, 0.2) is 11.5 Å². The van der Waals surface area contributed by atoms with Crippen molar-refractivity contribution in [2.45, 2.75) is 12.5 Å². The Kier molecular flexibility index (Phi) is 7.08. The van der Waals surface area contributed by atoms with E-state index in [-0.39, 0.29) is 35.2 Å². The van der Waals surface area contributed by atoms with Crippen LogP contribution in [0.1, 0.15) is 6.42 Å². The van der Waals surface area contributed by atoms with Gasteiger partial charge in [-0.1, -0.05) is 6.07 Å². The summed E-state index contributed by atoms with van der Waals surface area (Å²) in [5, 5.41) is 18.9. The van der Waals surface area contributed by atoms with E-state index in [0.717, 1.165) is 0 Å². The molecule has 178 valence electrons. The SMILES string of the molecule is COc1cc(Nc2ncnc(Nc3cccc(NC(=O)OC4CCOC4)c3)n2)cc(OC)c1O. The molecule has 12 nitrogen and oxygen atoms in total. The van der Waals surface area contributed by atoms with Gasteiger partial charge >= 0.3 is 6.09 Å². The zero-order chi connectivity index (χ0) is 23.9. The maximum Gasteiger partial charge on any atom is 0.411 e. The van der Waals surface area contributed by atoms with Crippen LogP contribution in [0, 0.1) is 0 Å². The molecule has 2 aromatic carbocycles. The number of aromatic nitrogens is 3. The second kappa shape index (κ2) is 10.5. The number of anilines is 5. The first-order chi connectivity index (χ1) is 16.5. The third kappa shape index (κ3) is 5.72. The zero-order valence-corrected chi connectivity index (χ0v) is 18.6. The average molecular weight is 468 g/mol. The molecule has 2 heterocycles. The Morgan fingerprint density at radius 1 is 1.03 bits per heavy atom. The highest BCUT2D eigenvalue weighted by Crippen LogP contribution is 2.39. The normalized spacial score (nSPS) is 14.8. The fourth-order valence-electron chi connectivity index (χ4n) is 3.22. The molecule has 4 rings (SSSR count). The predicted octanol–water partition coefficient (Wildman–Crippen LogP) is 3.42. The number of carbonyl (C=O) groups is 1. The van der Waals surface area contributed by atoms with E-state index >= 15 is 0 Å².